The Hall–Kier alpha value is -2.69. The third-order valence-electron chi connectivity index (χ3n) is 3.45. The number of imidazole rings is 1. The highest BCUT2D eigenvalue weighted by atomic mass is 19.1. The minimum atomic E-state index is -0.336. The van der Waals surface area contributed by atoms with E-state index in [-0.39, 0.29) is 18.1 Å². The zero-order valence-electron chi connectivity index (χ0n) is 12.2. The smallest absolute Gasteiger partial charge is 0.230 e. The molecule has 0 atom stereocenters. The van der Waals surface area contributed by atoms with Crippen molar-refractivity contribution < 1.29 is 9.18 Å². The number of hydrogen-bond donors (Lipinski definition) is 1. The van der Waals surface area contributed by atoms with Crippen molar-refractivity contribution in [2.75, 3.05) is 5.32 Å². The van der Waals surface area contributed by atoms with Gasteiger partial charge in [-0.3, -0.25) is 4.79 Å². The lowest BCUT2D eigenvalue weighted by Gasteiger charge is -2.04. The molecule has 1 aromatic carbocycles. The Balaban J connectivity index is 1.69. The lowest BCUT2D eigenvalue weighted by Crippen LogP contribution is -2.14. The van der Waals surface area contributed by atoms with E-state index in [1.165, 1.54) is 17.8 Å². The molecule has 1 N–H and O–H groups in total. The summed E-state index contributed by atoms with van der Waals surface area (Å²) in [5.41, 5.74) is 3.21. The van der Waals surface area contributed by atoms with Crippen molar-refractivity contribution in [3.63, 3.8) is 0 Å². The molecule has 0 aliphatic carbocycles. The third-order valence-corrected chi connectivity index (χ3v) is 3.45. The number of carbonyl (C=O) groups is 1. The topological polar surface area (TPSA) is 46.4 Å². The first kappa shape index (κ1) is 14.3. The number of benzene rings is 1. The maximum Gasteiger partial charge on any atom is 0.230 e. The van der Waals surface area contributed by atoms with Gasteiger partial charge in [-0.25, -0.2) is 9.37 Å². The fraction of sp³-hybridized carbons (Fsp3) is 0.176. The summed E-state index contributed by atoms with van der Waals surface area (Å²) < 4.78 is 14.7. The maximum atomic E-state index is 13.1. The summed E-state index contributed by atoms with van der Waals surface area (Å²) in [5, 5.41) is 2.84. The van der Waals surface area contributed by atoms with Gasteiger partial charge in [0.1, 0.15) is 11.5 Å². The molecule has 5 heteroatoms. The van der Waals surface area contributed by atoms with Gasteiger partial charge in [-0.2, -0.15) is 0 Å². The van der Waals surface area contributed by atoms with Crippen LogP contribution < -0.4 is 5.32 Å². The molecule has 22 heavy (non-hydrogen) atoms. The molecule has 0 unspecified atom stereocenters. The molecule has 0 bridgehead atoms. The van der Waals surface area contributed by atoms with Crippen LogP contribution in [0.3, 0.4) is 0 Å². The van der Waals surface area contributed by atoms with E-state index >= 15 is 0 Å². The number of rotatable bonds is 4. The van der Waals surface area contributed by atoms with Gasteiger partial charge in [-0.15, -0.1) is 0 Å². The van der Waals surface area contributed by atoms with Gasteiger partial charge in [-0.1, -0.05) is 19.1 Å². The Bertz CT molecular complexity index is 808. The average Bonchev–Trinajstić information content (AvgIpc) is 2.89. The highest BCUT2D eigenvalue weighted by Crippen LogP contribution is 2.12. The number of pyridine rings is 1. The van der Waals surface area contributed by atoms with Crippen molar-refractivity contribution in [3.8, 4) is 0 Å². The van der Waals surface area contributed by atoms with E-state index in [0.29, 0.717) is 11.3 Å². The standard InChI is InChI=1S/C17H16FN3O/c1-2-12-3-6-14(7-4-12)20-17(22)9-15-11-21-10-13(18)5-8-16(21)19-15/h3-8,10-11H,2,9H2,1H3,(H,20,22). The molecule has 1 amide bonds. The van der Waals surface area contributed by atoms with Gasteiger partial charge in [0.05, 0.1) is 12.1 Å². The number of aromatic nitrogens is 2. The molecule has 3 aromatic rings. The number of amides is 1. The number of hydrogen-bond acceptors (Lipinski definition) is 2. The van der Waals surface area contributed by atoms with Crippen LogP contribution in [0.5, 0.6) is 0 Å². The van der Waals surface area contributed by atoms with Crippen LogP contribution >= 0.6 is 0 Å². The summed E-state index contributed by atoms with van der Waals surface area (Å²) in [7, 11) is 0. The van der Waals surface area contributed by atoms with E-state index < -0.39 is 0 Å². The van der Waals surface area contributed by atoms with Crippen molar-refractivity contribution in [3.05, 3.63) is 65.9 Å². The van der Waals surface area contributed by atoms with Gasteiger partial charge >= 0.3 is 0 Å². The molecule has 0 radical (unpaired) electrons. The molecular formula is C17H16FN3O. The predicted octanol–water partition coefficient (Wildman–Crippen LogP) is 3.22. The number of carbonyl (C=O) groups excluding carboxylic acids is 1. The van der Waals surface area contributed by atoms with E-state index in [2.05, 4.69) is 17.2 Å². The van der Waals surface area contributed by atoms with Crippen molar-refractivity contribution >= 4 is 17.2 Å². The van der Waals surface area contributed by atoms with Gasteiger partial charge in [0.25, 0.3) is 0 Å². The molecule has 0 spiro atoms. The lowest BCUT2D eigenvalue weighted by molar-refractivity contribution is -0.115. The minimum absolute atomic E-state index is 0.145. The second-order valence-electron chi connectivity index (χ2n) is 5.12. The van der Waals surface area contributed by atoms with Crippen LogP contribution in [0.1, 0.15) is 18.2 Å². The fourth-order valence-corrected chi connectivity index (χ4v) is 2.30. The summed E-state index contributed by atoms with van der Waals surface area (Å²) in [5.74, 6) is -0.481. The average molecular weight is 297 g/mol. The first-order chi connectivity index (χ1) is 10.6. The van der Waals surface area contributed by atoms with E-state index in [9.17, 15) is 9.18 Å². The number of nitrogens with zero attached hydrogens (tertiary/aromatic N) is 2. The van der Waals surface area contributed by atoms with Crippen LogP contribution in [-0.2, 0) is 17.6 Å². The van der Waals surface area contributed by atoms with Crippen LogP contribution in [0, 0.1) is 5.82 Å². The van der Waals surface area contributed by atoms with Crippen LogP contribution in [0.25, 0.3) is 5.65 Å². The molecule has 0 aliphatic heterocycles. The van der Waals surface area contributed by atoms with Gasteiger partial charge < -0.3 is 9.72 Å². The van der Waals surface area contributed by atoms with Gasteiger partial charge in [0, 0.05) is 18.1 Å². The Morgan fingerprint density at radius 1 is 1.18 bits per heavy atom. The number of anilines is 1. The molecule has 0 aliphatic rings. The number of halogens is 1. The van der Waals surface area contributed by atoms with Crippen molar-refractivity contribution in [1.29, 1.82) is 0 Å². The third kappa shape index (κ3) is 3.14. The fourth-order valence-electron chi connectivity index (χ4n) is 2.30. The molecule has 2 aromatic heterocycles. The largest absolute Gasteiger partial charge is 0.326 e. The monoisotopic (exact) mass is 297 g/mol. The zero-order chi connectivity index (χ0) is 15.5. The van der Waals surface area contributed by atoms with Gasteiger partial charge in [0.15, 0.2) is 0 Å². The SMILES string of the molecule is CCc1ccc(NC(=O)Cc2cn3cc(F)ccc3n2)cc1. The van der Waals surface area contributed by atoms with Gasteiger partial charge in [0.2, 0.25) is 5.91 Å². The first-order valence-corrected chi connectivity index (χ1v) is 7.16. The van der Waals surface area contributed by atoms with Crippen LogP contribution in [-0.4, -0.2) is 15.3 Å². The Kier molecular flexibility index (Phi) is 3.87. The molecule has 2 heterocycles. The molecule has 3 rings (SSSR count). The number of aryl methyl sites for hydroxylation is 1. The van der Waals surface area contributed by atoms with E-state index in [4.69, 9.17) is 0 Å². The Morgan fingerprint density at radius 3 is 2.68 bits per heavy atom. The molecule has 4 nitrogen and oxygen atoms in total. The molecule has 0 fully saturated rings. The Labute approximate surface area is 127 Å². The van der Waals surface area contributed by atoms with Crippen LogP contribution in [0.15, 0.2) is 48.8 Å². The lowest BCUT2D eigenvalue weighted by atomic mass is 10.1. The summed E-state index contributed by atoms with van der Waals surface area (Å²) in [4.78, 5) is 16.3. The van der Waals surface area contributed by atoms with Crippen LogP contribution in [0.2, 0.25) is 0 Å². The van der Waals surface area contributed by atoms with Crippen molar-refractivity contribution in [2.45, 2.75) is 19.8 Å². The van der Waals surface area contributed by atoms with E-state index in [1.807, 2.05) is 24.3 Å². The summed E-state index contributed by atoms with van der Waals surface area (Å²) >= 11 is 0. The van der Waals surface area contributed by atoms with Crippen molar-refractivity contribution in [2.24, 2.45) is 0 Å². The second-order valence-corrected chi connectivity index (χ2v) is 5.12. The summed E-state index contributed by atoms with van der Waals surface area (Å²) in [6, 6.07) is 10.7. The minimum Gasteiger partial charge on any atom is -0.326 e. The molecular weight excluding hydrogens is 281 g/mol. The molecule has 112 valence electrons. The van der Waals surface area contributed by atoms with Gasteiger partial charge in [-0.05, 0) is 36.2 Å². The second kappa shape index (κ2) is 5.97. The number of fused-ring (bicyclic) bond motifs is 1. The highest BCUT2D eigenvalue weighted by molar-refractivity contribution is 5.92. The highest BCUT2D eigenvalue weighted by Gasteiger charge is 2.08. The molecule has 0 saturated heterocycles. The zero-order valence-corrected chi connectivity index (χ0v) is 12.2. The maximum absolute atomic E-state index is 13.1. The van der Waals surface area contributed by atoms with Crippen molar-refractivity contribution in [1.82, 2.24) is 9.38 Å². The summed E-state index contributed by atoms with van der Waals surface area (Å²) in [6.07, 6.45) is 4.12. The molecule has 0 saturated carbocycles. The normalized spacial score (nSPS) is 10.8. The van der Waals surface area contributed by atoms with Crippen LogP contribution in [0.4, 0.5) is 10.1 Å². The van der Waals surface area contributed by atoms with E-state index in [0.717, 1.165) is 12.1 Å². The Morgan fingerprint density at radius 2 is 1.95 bits per heavy atom. The van der Waals surface area contributed by atoms with E-state index in [1.54, 1.807) is 16.7 Å². The summed E-state index contributed by atoms with van der Waals surface area (Å²) in [6.45, 7) is 2.08. The first-order valence-electron chi connectivity index (χ1n) is 7.16. The predicted molar refractivity (Wildman–Crippen MR) is 83.3 cm³/mol. The quantitative estimate of drug-likeness (QED) is 0.803. The number of nitrogens with one attached hydrogen (secondary N) is 1.